The Bertz CT molecular complexity index is 1310. The molecule has 4 rings (SSSR count). The first-order chi connectivity index (χ1) is 17.9. The van der Waals surface area contributed by atoms with Crippen LogP contribution in [0.15, 0.2) is 78.7 Å². The number of fused-ring (bicyclic) bond motifs is 1. The standard InChI is InChI=1S/C28H27N3O5S/c1-3-16-29(26(32)13-6-20-4-9-22(10-5-20)31(34)35)19-27(33)30-17-14-25-24(15-18-37-25)28(30)21-7-11-23(36-2)12-8-21/h3-13,15,18,28H,1,14,16-17,19H2,2H3/b13-6+. The number of non-ortho nitro benzene ring substituents is 1. The Kier molecular flexibility index (Phi) is 8.15. The maximum atomic E-state index is 13.6. The summed E-state index contributed by atoms with van der Waals surface area (Å²) in [7, 11) is 1.61. The molecule has 2 aromatic carbocycles. The van der Waals surface area contributed by atoms with E-state index in [9.17, 15) is 19.7 Å². The monoisotopic (exact) mass is 517 g/mol. The van der Waals surface area contributed by atoms with Crippen molar-refractivity contribution in [3.05, 3.63) is 110 Å². The van der Waals surface area contributed by atoms with E-state index in [1.54, 1.807) is 42.7 Å². The quantitative estimate of drug-likeness (QED) is 0.175. The number of nitro benzene ring substituents is 1. The average molecular weight is 518 g/mol. The number of amides is 2. The van der Waals surface area contributed by atoms with E-state index in [0.717, 1.165) is 23.3 Å². The molecule has 1 aromatic heterocycles. The lowest BCUT2D eigenvalue weighted by molar-refractivity contribution is -0.384. The second kappa shape index (κ2) is 11.7. The number of rotatable bonds is 9. The predicted octanol–water partition coefficient (Wildman–Crippen LogP) is 4.87. The molecule has 37 heavy (non-hydrogen) atoms. The van der Waals surface area contributed by atoms with Crippen molar-refractivity contribution >= 4 is 34.9 Å². The van der Waals surface area contributed by atoms with Crippen molar-refractivity contribution in [2.24, 2.45) is 0 Å². The number of hydrogen-bond acceptors (Lipinski definition) is 6. The zero-order valence-electron chi connectivity index (χ0n) is 20.4. The number of carbonyl (C=O) groups is 2. The topological polar surface area (TPSA) is 93.0 Å². The minimum Gasteiger partial charge on any atom is -0.497 e. The maximum Gasteiger partial charge on any atom is 0.269 e. The minimum atomic E-state index is -0.477. The van der Waals surface area contributed by atoms with Crippen molar-refractivity contribution in [2.45, 2.75) is 12.5 Å². The third-order valence-corrected chi connectivity index (χ3v) is 7.22. The van der Waals surface area contributed by atoms with E-state index in [1.165, 1.54) is 28.0 Å². The van der Waals surface area contributed by atoms with Gasteiger partial charge >= 0.3 is 0 Å². The number of nitro groups is 1. The lowest BCUT2D eigenvalue weighted by Crippen LogP contribution is -2.46. The zero-order valence-corrected chi connectivity index (χ0v) is 21.2. The molecule has 9 heteroatoms. The average Bonchev–Trinajstić information content (AvgIpc) is 3.40. The third-order valence-electron chi connectivity index (χ3n) is 6.23. The normalized spacial score (nSPS) is 14.7. The summed E-state index contributed by atoms with van der Waals surface area (Å²) >= 11 is 1.69. The van der Waals surface area contributed by atoms with E-state index < -0.39 is 4.92 Å². The number of benzene rings is 2. The van der Waals surface area contributed by atoms with Gasteiger partial charge in [-0.1, -0.05) is 18.2 Å². The van der Waals surface area contributed by atoms with E-state index in [2.05, 4.69) is 12.6 Å². The van der Waals surface area contributed by atoms with Crippen LogP contribution in [-0.4, -0.2) is 53.3 Å². The van der Waals surface area contributed by atoms with Crippen molar-refractivity contribution < 1.29 is 19.2 Å². The fourth-order valence-electron chi connectivity index (χ4n) is 4.35. The number of nitrogens with zero attached hydrogens (tertiary/aromatic N) is 3. The molecule has 0 radical (unpaired) electrons. The van der Waals surface area contributed by atoms with Crippen molar-refractivity contribution in [3.63, 3.8) is 0 Å². The second-order valence-electron chi connectivity index (χ2n) is 8.50. The van der Waals surface area contributed by atoms with E-state index in [1.807, 2.05) is 34.5 Å². The number of methoxy groups -OCH3 is 1. The summed E-state index contributed by atoms with van der Waals surface area (Å²) in [5.74, 6) is 0.239. The van der Waals surface area contributed by atoms with E-state index in [-0.39, 0.29) is 36.6 Å². The largest absolute Gasteiger partial charge is 0.497 e. The molecule has 1 atom stereocenters. The van der Waals surface area contributed by atoms with E-state index in [0.29, 0.717) is 12.1 Å². The van der Waals surface area contributed by atoms with Crippen LogP contribution in [0.25, 0.3) is 6.08 Å². The molecule has 0 saturated carbocycles. The summed E-state index contributed by atoms with van der Waals surface area (Å²) < 4.78 is 5.29. The second-order valence-corrected chi connectivity index (χ2v) is 9.50. The van der Waals surface area contributed by atoms with Gasteiger partial charge in [0.25, 0.3) is 5.69 Å². The van der Waals surface area contributed by atoms with Crippen LogP contribution in [0.3, 0.4) is 0 Å². The Morgan fingerprint density at radius 3 is 2.57 bits per heavy atom. The summed E-state index contributed by atoms with van der Waals surface area (Å²) in [5, 5.41) is 12.9. The highest BCUT2D eigenvalue weighted by Gasteiger charge is 2.33. The molecule has 1 aliphatic rings. The summed E-state index contributed by atoms with van der Waals surface area (Å²) in [5.41, 5.74) is 2.70. The summed E-state index contributed by atoms with van der Waals surface area (Å²) in [6.45, 7) is 4.40. The molecule has 1 unspecified atom stereocenters. The Hall–Kier alpha value is -4.24. The van der Waals surface area contributed by atoms with Gasteiger partial charge in [-0.05, 0) is 64.9 Å². The van der Waals surface area contributed by atoms with Crippen molar-refractivity contribution in [1.82, 2.24) is 9.80 Å². The van der Waals surface area contributed by atoms with Crippen LogP contribution in [0.2, 0.25) is 0 Å². The fourth-order valence-corrected chi connectivity index (χ4v) is 5.26. The molecule has 190 valence electrons. The van der Waals surface area contributed by atoms with Gasteiger partial charge in [0.1, 0.15) is 12.3 Å². The molecule has 1 aliphatic heterocycles. The van der Waals surface area contributed by atoms with Gasteiger partial charge in [-0.15, -0.1) is 17.9 Å². The van der Waals surface area contributed by atoms with Crippen molar-refractivity contribution in [3.8, 4) is 5.75 Å². The number of ether oxygens (including phenoxy) is 1. The van der Waals surface area contributed by atoms with E-state index >= 15 is 0 Å². The molecule has 2 amide bonds. The van der Waals surface area contributed by atoms with E-state index in [4.69, 9.17) is 4.74 Å². The first-order valence-corrected chi connectivity index (χ1v) is 12.6. The number of thiophene rings is 1. The van der Waals surface area contributed by atoms with Crippen LogP contribution >= 0.6 is 11.3 Å². The highest BCUT2D eigenvalue weighted by atomic mass is 32.1. The Morgan fingerprint density at radius 2 is 1.92 bits per heavy atom. The number of hydrogen-bond donors (Lipinski definition) is 0. The molecule has 2 heterocycles. The highest BCUT2D eigenvalue weighted by Crippen LogP contribution is 2.38. The van der Waals surface area contributed by atoms with Crippen LogP contribution in [0.5, 0.6) is 5.75 Å². The molecule has 0 spiro atoms. The van der Waals surface area contributed by atoms with Crippen molar-refractivity contribution in [2.75, 3.05) is 26.7 Å². The first kappa shape index (κ1) is 25.8. The van der Waals surface area contributed by atoms with Gasteiger partial charge in [0.15, 0.2) is 0 Å². The Morgan fingerprint density at radius 1 is 1.19 bits per heavy atom. The van der Waals surface area contributed by atoms with Crippen LogP contribution in [0, 0.1) is 10.1 Å². The number of carbonyl (C=O) groups excluding carboxylic acids is 2. The molecule has 0 aliphatic carbocycles. The Labute approximate surface area is 219 Å². The molecular weight excluding hydrogens is 490 g/mol. The van der Waals surface area contributed by atoms with Gasteiger partial charge in [-0.2, -0.15) is 0 Å². The van der Waals surface area contributed by atoms with Gasteiger partial charge in [0.2, 0.25) is 11.8 Å². The lowest BCUT2D eigenvalue weighted by atomic mass is 9.93. The van der Waals surface area contributed by atoms with Gasteiger partial charge in [0.05, 0.1) is 18.1 Å². The molecule has 0 bridgehead atoms. The molecule has 0 N–H and O–H groups in total. The zero-order chi connectivity index (χ0) is 26.4. The van der Waals surface area contributed by atoms with Crippen LogP contribution in [0.1, 0.15) is 27.6 Å². The molecule has 0 saturated heterocycles. The summed E-state index contributed by atoms with van der Waals surface area (Å²) in [6, 6.07) is 15.4. The highest BCUT2D eigenvalue weighted by molar-refractivity contribution is 7.10. The lowest BCUT2D eigenvalue weighted by Gasteiger charge is -2.37. The molecular formula is C28H27N3O5S. The van der Waals surface area contributed by atoms with Gasteiger partial charge in [-0.3, -0.25) is 19.7 Å². The minimum absolute atomic E-state index is 0.0240. The van der Waals surface area contributed by atoms with Crippen LogP contribution in [-0.2, 0) is 16.0 Å². The molecule has 3 aromatic rings. The summed E-state index contributed by atoms with van der Waals surface area (Å²) in [4.78, 5) is 41.5. The van der Waals surface area contributed by atoms with Crippen molar-refractivity contribution in [1.29, 1.82) is 0 Å². The van der Waals surface area contributed by atoms with Gasteiger partial charge < -0.3 is 14.5 Å². The molecule has 0 fully saturated rings. The molecule has 8 nitrogen and oxygen atoms in total. The van der Waals surface area contributed by atoms with Crippen LogP contribution in [0.4, 0.5) is 5.69 Å². The third kappa shape index (κ3) is 5.95. The Balaban J connectivity index is 1.52. The summed E-state index contributed by atoms with van der Waals surface area (Å²) in [6.07, 6.45) is 5.29. The SMILES string of the molecule is C=CCN(CC(=O)N1CCc2sccc2C1c1ccc(OC)cc1)C(=O)/C=C/c1ccc([N+](=O)[O-])cc1. The fraction of sp³-hybridized carbons (Fsp3) is 0.214. The predicted molar refractivity (Wildman–Crippen MR) is 143 cm³/mol. The van der Waals surface area contributed by atoms with Crippen LogP contribution < -0.4 is 4.74 Å². The smallest absolute Gasteiger partial charge is 0.269 e. The van der Waals surface area contributed by atoms with Gasteiger partial charge in [0, 0.05) is 36.2 Å². The maximum absolute atomic E-state index is 13.6. The first-order valence-electron chi connectivity index (χ1n) is 11.7. The van der Waals surface area contributed by atoms with Gasteiger partial charge in [-0.25, -0.2) is 0 Å².